The zero-order valence-electron chi connectivity index (χ0n) is 14.7. The van der Waals surface area contributed by atoms with Crippen molar-refractivity contribution in [3.63, 3.8) is 0 Å². The molecular weight excluding hydrogens is 340 g/mol. The molecule has 26 heavy (non-hydrogen) atoms. The molecule has 1 aliphatic rings. The Morgan fingerprint density at radius 1 is 0.615 bits per heavy atom. The molecule has 7 heteroatoms. The lowest BCUT2D eigenvalue weighted by atomic mass is 10.3. The molecule has 0 bridgehead atoms. The summed E-state index contributed by atoms with van der Waals surface area (Å²) >= 11 is 0. The molecule has 3 rings (SSSR count). The van der Waals surface area contributed by atoms with Crippen LogP contribution in [0.15, 0.2) is 42.5 Å². The van der Waals surface area contributed by atoms with Crippen LogP contribution in [0, 0.1) is 0 Å². The molecular formula is C19H24O7. The average molecular weight is 364 g/mol. The zero-order valence-corrected chi connectivity index (χ0v) is 14.7. The highest BCUT2D eigenvalue weighted by molar-refractivity contribution is 5.45. The number of ether oxygens (including phenoxy) is 5. The number of rotatable bonds is 0. The third-order valence-electron chi connectivity index (χ3n) is 3.35. The number of benzene rings is 2. The van der Waals surface area contributed by atoms with Crippen LogP contribution in [0.4, 0.5) is 0 Å². The quantitative estimate of drug-likeness (QED) is 0.741. The predicted octanol–water partition coefficient (Wildman–Crippen LogP) is 2.25. The number of phenolic OH excluding ortho intramolecular Hbond substituents is 1. The number of hydrogen-bond acceptors (Lipinski definition) is 7. The molecule has 0 aromatic heterocycles. The van der Waals surface area contributed by atoms with Crippen LogP contribution >= 0.6 is 0 Å². The van der Waals surface area contributed by atoms with Crippen molar-refractivity contribution in [2.24, 2.45) is 0 Å². The van der Waals surface area contributed by atoms with Crippen molar-refractivity contribution in [2.45, 2.75) is 0 Å². The summed E-state index contributed by atoms with van der Waals surface area (Å²) in [5.74, 6) is 2.49. The fraction of sp³-hybridized carbons (Fsp3) is 0.368. The smallest absolute Gasteiger partial charge is 0.164 e. The molecule has 0 atom stereocenters. The normalized spacial score (nSPS) is 14.8. The summed E-state index contributed by atoms with van der Waals surface area (Å²) < 4.78 is 28.2. The van der Waals surface area contributed by atoms with Crippen molar-refractivity contribution in [3.05, 3.63) is 42.5 Å². The lowest BCUT2D eigenvalue weighted by molar-refractivity contribution is 0.0753. The fourth-order valence-electron chi connectivity index (χ4n) is 2.24. The molecule has 1 aliphatic heterocycles. The highest BCUT2D eigenvalue weighted by atomic mass is 16.6. The molecule has 0 saturated carbocycles. The Morgan fingerprint density at radius 2 is 1.08 bits per heavy atom. The minimum Gasteiger partial charge on any atom is -0.508 e. The molecule has 0 spiro atoms. The Balaban J connectivity index is 0.00000117. The van der Waals surface area contributed by atoms with Crippen LogP contribution in [0.2, 0.25) is 0 Å². The van der Waals surface area contributed by atoms with Gasteiger partial charge < -0.3 is 33.9 Å². The van der Waals surface area contributed by atoms with Gasteiger partial charge in [0.15, 0.2) is 23.0 Å². The van der Waals surface area contributed by atoms with Crippen molar-refractivity contribution in [1.29, 1.82) is 0 Å². The summed E-state index contributed by atoms with van der Waals surface area (Å²) in [7, 11) is 1.00. The molecule has 0 saturated heterocycles. The Bertz CT molecular complexity index is 660. The van der Waals surface area contributed by atoms with Crippen LogP contribution in [-0.4, -0.2) is 57.0 Å². The number of aromatic hydroxyl groups is 1. The summed E-state index contributed by atoms with van der Waals surface area (Å²) in [5.41, 5.74) is 0. The van der Waals surface area contributed by atoms with Gasteiger partial charge in [-0.3, -0.25) is 0 Å². The van der Waals surface area contributed by atoms with E-state index in [4.69, 9.17) is 28.8 Å². The average Bonchev–Trinajstić information content (AvgIpc) is 2.68. The molecule has 7 nitrogen and oxygen atoms in total. The number of fused-ring (bicyclic) bond motifs is 2. The van der Waals surface area contributed by atoms with Gasteiger partial charge in [-0.1, -0.05) is 12.1 Å². The van der Waals surface area contributed by atoms with Gasteiger partial charge in [-0.2, -0.15) is 0 Å². The van der Waals surface area contributed by atoms with Gasteiger partial charge in [-0.05, 0) is 24.3 Å². The first-order valence-electron chi connectivity index (χ1n) is 8.28. The highest BCUT2D eigenvalue weighted by Gasteiger charge is 2.09. The van der Waals surface area contributed by atoms with Crippen molar-refractivity contribution >= 4 is 0 Å². The number of para-hydroxylation sites is 2. The lowest BCUT2D eigenvalue weighted by Crippen LogP contribution is -2.12. The van der Waals surface area contributed by atoms with Crippen LogP contribution < -0.4 is 18.9 Å². The summed E-state index contributed by atoms with van der Waals surface area (Å²) in [6.07, 6.45) is 0. The molecule has 0 radical (unpaired) electrons. The molecule has 0 unspecified atom stereocenters. The fourth-order valence-corrected chi connectivity index (χ4v) is 2.24. The second-order valence-corrected chi connectivity index (χ2v) is 5.08. The van der Waals surface area contributed by atoms with E-state index in [9.17, 15) is 5.11 Å². The molecule has 2 aromatic rings. The summed E-state index contributed by atoms with van der Waals surface area (Å²) in [6, 6.07) is 12.2. The van der Waals surface area contributed by atoms with Gasteiger partial charge in [0.05, 0.1) is 13.2 Å². The summed E-state index contributed by atoms with van der Waals surface area (Å²) in [4.78, 5) is 0. The maximum Gasteiger partial charge on any atom is 0.164 e. The maximum atomic E-state index is 9.60. The molecule has 2 aromatic carbocycles. The van der Waals surface area contributed by atoms with Gasteiger partial charge in [0.2, 0.25) is 0 Å². The molecule has 0 amide bonds. The second kappa shape index (κ2) is 11.1. The monoisotopic (exact) mass is 364 g/mol. The van der Waals surface area contributed by atoms with E-state index in [0.717, 1.165) is 7.11 Å². The van der Waals surface area contributed by atoms with Crippen molar-refractivity contribution in [1.82, 2.24) is 0 Å². The molecule has 142 valence electrons. The Labute approximate surface area is 152 Å². The Kier molecular flexibility index (Phi) is 8.38. The standard InChI is InChI=1S/C18H20O6.CH4O/c19-14-5-6-17-18(13-14)24-10-8-20-7-9-21-15-3-1-2-4-16(15)22-11-12-23-17;1-2/h1-6,13,19H,7-12H2;2H,1H3. The first kappa shape index (κ1) is 19.7. The van der Waals surface area contributed by atoms with E-state index in [-0.39, 0.29) is 5.75 Å². The predicted molar refractivity (Wildman–Crippen MR) is 95.5 cm³/mol. The van der Waals surface area contributed by atoms with E-state index >= 15 is 0 Å². The topological polar surface area (TPSA) is 86.6 Å². The third kappa shape index (κ3) is 6.02. The molecule has 1 heterocycles. The van der Waals surface area contributed by atoms with E-state index in [2.05, 4.69) is 0 Å². The minimum absolute atomic E-state index is 0.120. The second-order valence-electron chi connectivity index (χ2n) is 5.08. The van der Waals surface area contributed by atoms with Crippen molar-refractivity contribution < 1.29 is 33.9 Å². The van der Waals surface area contributed by atoms with Gasteiger partial charge in [-0.15, -0.1) is 0 Å². The van der Waals surface area contributed by atoms with Gasteiger partial charge in [-0.25, -0.2) is 0 Å². The van der Waals surface area contributed by atoms with E-state index in [1.807, 2.05) is 24.3 Å². The van der Waals surface area contributed by atoms with Crippen molar-refractivity contribution in [3.8, 4) is 28.7 Å². The molecule has 0 aliphatic carbocycles. The maximum absolute atomic E-state index is 9.60. The Morgan fingerprint density at radius 3 is 1.65 bits per heavy atom. The number of aliphatic hydroxyl groups is 1. The highest BCUT2D eigenvalue weighted by Crippen LogP contribution is 2.31. The van der Waals surface area contributed by atoms with Crippen LogP contribution in [0.25, 0.3) is 0 Å². The number of aliphatic hydroxyl groups excluding tert-OH is 1. The van der Waals surface area contributed by atoms with Crippen molar-refractivity contribution in [2.75, 3.05) is 46.8 Å². The third-order valence-corrected chi connectivity index (χ3v) is 3.35. The summed E-state index contributed by atoms with van der Waals surface area (Å²) in [6.45, 7) is 2.34. The van der Waals surface area contributed by atoms with Gasteiger partial charge in [0.1, 0.15) is 32.2 Å². The molecule has 0 fully saturated rings. The minimum atomic E-state index is 0.120. The Hall–Kier alpha value is -2.64. The number of hydrogen-bond donors (Lipinski definition) is 2. The summed E-state index contributed by atoms with van der Waals surface area (Å²) in [5, 5.41) is 16.6. The first-order valence-corrected chi connectivity index (χ1v) is 8.28. The van der Waals surface area contributed by atoms with Gasteiger partial charge in [0, 0.05) is 13.2 Å². The van der Waals surface area contributed by atoms with Crippen LogP contribution in [0.5, 0.6) is 28.7 Å². The van der Waals surface area contributed by atoms with E-state index < -0.39 is 0 Å². The first-order chi connectivity index (χ1) is 12.8. The largest absolute Gasteiger partial charge is 0.508 e. The van der Waals surface area contributed by atoms with E-state index in [1.54, 1.807) is 12.1 Å². The van der Waals surface area contributed by atoms with Gasteiger partial charge in [0.25, 0.3) is 0 Å². The SMILES string of the molecule is CO.Oc1ccc2c(c1)OCCOCCOc1ccccc1OCCO2. The van der Waals surface area contributed by atoms with Crippen LogP contribution in [0.1, 0.15) is 0 Å². The number of phenols is 1. The lowest BCUT2D eigenvalue weighted by Gasteiger charge is -2.14. The van der Waals surface area contributed by atoms with E-state index in [0.29, 0.717) is 62.6 Å². The zero-order chi connectivity index (χ0) is 18.6. The van der Waals surface area contributed by atoms with Crippen LogP contribution in [0.3, 0.4) is 0 Å². The van der Waals surface area contributed by atoms with Gasteiger partial charge >= 0.3 is 0 Å². The van der Waals surface area contributed by atoms with Crippen LogP contribution in [-0.2, 0) is 4.74 Å². The molecule has 2 N–H and O–H groups in total. The van der Waals surface area contributed by atoms with E-state index in [1.165, 1.54) is 6.07 Å².